The van der Waals surface area contributed by atoms with Crippen molar-refractivity contribution >= 4 is 15.7 Å². The van der Waals surface area contributed by atoms with Crippen molar-refractivity contribution in [3.8, 4) is 5.75 Å². The first-order chi connectivity index (χ1) is 14.5. The van der Waals surface area contributed by atoms with E-state index in [9.17, 15) is 8.42 Å². The van der Waals surface area contributed by atoms with Crippen LogP contribution in [0.4, 0.5) is 5.69 Å². The van der Waals surface area contributed by atoms with E-state index in [-0.39, 0.29) is 17.8 Å². The fraction of sp³-hybridized carbons (Fsp3) is 0.455. The van der Waals surface area contributed by atoms with E-state index < -0.39 is 16.6 Å². The second-order valence-corrected chi connectivity index (χ2v) is 9.60. The average Bonchev–Trinajstić information content (AvgIpc) is 2.77. The normalized spacial score (nSPS) is 19.4. The van der Waals surface area contributed by atoms with Crippen LogP contribution in [-0.2, 0) is 16.6 Å². The summed E-state index contributed by atoms with van der Waals surface area (Å²) in [7, 11) is -0.457. The molecule has 30 heavy (non-hydrogen) atoms. The number of benzene rings is 2. The predicted octanol–water partition coefficient (Wildman–Crippen LogP) is 2.04. The van der Waals surface area contributed by atoms with E-state index >= 15 is 0 Å². The summed E-state index contributed by atoms with van der Waals surface area (Å²) in [6.07, 6.45) is 2.15. The lowest BCUT2D eigenvalue weighted by Gasteiger charge is -2.34. The number of piperidine rings is 1. The van der Waals surface area contributed by atoms with Crippen molar-refractivity contribution in [1.29, 1.82) is 0 Å². The van der Waals surface area contributed by atoms with E-state index in [0.29, 0.717) is 18.0 Å². The molecule has 0 bridgehead atoms. The topological polar surface area (TPSA) is 90.9 Å². The Balaban J connectivity index is 1.78. The highest BCUT2D eigenvalue weighted by molar-refractivity contribution is 7.92. The van der Waals surface area contributed by atoms with Crippen LogP contribution in [0.1, 0.15) is 30.0 Å². The minimum absolute atomic E-state index is 0.224. The van der Waals surface area contributed by atoms with E-state index in [1.165, 1.54) is 16.9 Å². The molecule has 0 saturated carbocycles. The van der Waals surface area contributed by atoms with Gasteiger partial charge in [0.1, 0.15) is 5.75 Å². The molecule has 3 N–H and O–H groups in total. The summed E-state index contributed by atoms with van der Waals surface area (Å²) in [6, 6.07) is 16.2. The van der Waals surface area contributed by atoms with Gasteiger partial charge in [-0.1, -0.05) is 30.3 Å². The van der Waals surface area contributed by atoms with Gasteiger partial charge in [0.15, 0.2) is 0 Å². The summed E-state index contributed by atoms with van der Waals surface area (Å²) < 4.78 is 31.3. The highest BCUT2D eigenvalue weighted by Crippen LogP contribution is 2.28. The van der Waals surface area contributed by atoms with Crippen molar-refractivity contribution in [3.63, 3.8) is 0 Å². The molecular weight excluding hydrogens is 402 g/mol. The van der Waals surface area contributed by atoms with Crippen LogP contribution in [0.15, 0.2) is 48.5 Å². The SMILES string of the molecule is COc1ccc(N(C)S(=O)(=O)CCO)cc1CNC1CCCNC1c1ccccc1. The van der Waals surface area contributed by atoms with E-state index in [2.05, 4.69) is 34.9 Å². The minimum Gasteiger partial charge on any atom is -0.496 e. The van der Waals surface area contributed by atoms with Gasteiger partial charge in [-0.2, -0.15) is 0 Å². The Labute approximate surface area is 179 Å². The van der Waals surface area contributed by atoms with E-state index in [4.69, 9.17) is 9.84 Å². The van der Waals surface area contributed by atoms with Crippen LogP contribution in [0.2, 0.25) is 0 Å². The lowest BCUT2D eigenvalue weighted by molar-refractivity contribution is 0.303. The highest BCUT2D eigenvalue weighted by Gasteiger charge is 2.26. The summed E-state index contributed by atoms with van der Waals surface area (Å²) in [6.45, 7) is 1.14. The predicted molar refractivity (Wildman–Crippen MR) is 119 cm³/mol. The van der Waals surface area contributed by atoms with Gasteiger partial charge in [-0.25, -0.2) is 8.42 Å². The molecule has 1 fully saturated rings. The second-order valence-electron chi connectivity index (χ2n) is 7.48. The van der Waals surface area contributed by atoms with Crippen LogP contribution in [0.3, 0.4) is 0 Å². The van der Waals surface area contributed by atoms with E-state index in [1.54, 1.807) is 19.2 Å². The Bertz CT molecular complexity index is 921. The van der Waals surface area contributed by atoms with Gasteiger partial charge < -0.3 is 20.5 Å². The monoisotopic (exact) mass is 433 g/mol. The first-order valence-corrected chi connectivity index (χ1v) is 11.8. The standard InChI is InChI=1S/C22H31N3O4S/c1-25(30(27,28)14-13-26)19-10-11-21(29-2)18(15-19)16-24-20-9-6-12-23-22(20)17-7-4-3-5-8-17/h3-5,7-8,10-11,15,20,22-24,26H,6,9,12-14,16H2,1-2H3. The van der Waals surface area contributed by atoms with Crippen LogP contribution in [-0.4, -0.2) is 52.6 Å². The molecule has 0 aliphatic carbocycles. The van der Waals surface area contributed by atoms with Gasteiger partial charge in [0.25, 0.3) is 0 Å². The maximum atomic E-state index is 12.3. The summed E-state index contributed by atoms with van der Waals surface area (Å²) >= 11 is 0. The molecule has 2 aromatic rings. The molecule has 3 rings (SSSR count). The molecule has 2 aromatic carbocycles. The Kier molecular flexibility index (Phi) is 7.71. The molecule has 2 atom stereocenters. The van der Waals surface area contributed by atoms with Crippen molar-refractivity contribution < 1.29 is 18.3 Å². The molecule has 0 spiro atoms. The minimum atomic E-state index is -3.57. The van der Waals surface area contributed by atoms with Crippen molar-refractivity contribution in [2.75, 3.05) is 37.4 Å². The molecule has 1 aliphatic rings. The molecule has 2 unspecified atom stereocenters. The van der Waals surface area contributed by atoms with Crippen LogP contribution < -0.4 is 19.7 Å². The van der Waals surface area contributed by atoms with Gasteiger partial charge in [0.2, 0.25) is 10.0 Å². The fourth-order valence-electron chi connectivity index (χ4n) is 3.87. The zero-order valence-corrected chi connectivity index (χ0v) is 18.4. The van der Waals surface area contributed by atoms with Crippen LogP contribution in [0, 0.1) is 0 Å². The molecule has 0 amide bonds. The number of hydrogen-bond acceptors (Lipinski definition) is 6. The van der Waals surface area contributed by atoms with E-state index in [1.807, 2.05) is 12.1 Å². The summed E-state index contributed by atoms with van der Waals surface area (Å²) in [5.74, 6) is 0.398. The Morgan fingerprint density at radius 1 is 1.23 bits per heavy atom. The van der Waals surface area contributed by atoms with E-state index in [0.717, 1.165) is 24.9 Å². The van der Waals surface area contributed by atoms with Crippen molar-refractivity contribution in [2.45, 2.75) is 31.5 Å². The van der Waals surface area contributed by atoms with Crippen LogP contribution in [0.25, 0.3) is 0 Å². The fourth-order valence-corrected chi connectivity index (χ4v) is 4.81. The lowest BCUT2D eigenvalue weighted by Crippen LogP contribution is -2.45. The Morgan fingerprint density at radius 3 is 2.70 bits per heavy atom. The number of ether oxygens (including phenoxy) is 1. The number of sulfonamides is 1. The molecule has 8 heteroatoms. The third-order valence-corrected chi connectivity index (χ3v) is 7.31. The van der Waals surface area contributed by atoms with Gasteiger partial charge in [0, 0.05) is 31.2 Å². The number of nitrogens with one attached hydrogen (secondary N) is 2. The summed E-state index contributed by atoms with van der Waals surface area (Å²) in [4.78, 5) is 0. The van der Waals surface area contributed by atoms with Crippen molar-refractivity contribution in [1.82, 2.24) is 10.6 Å². The number of hydrogen-bond donors (Lipinski definition) is 3. The molecule has 0 aromatic heterocycles. The summed E-state index contributed by atoms with van der Waals surface area (Å²) in [5.41, 5.74) is 2.69. The molecule has 7 nitrogen and oxygen atoms in total. The van der Waals surface area contributed by atoms with Gasteiger partial charge in [-0.15, -0.1) is 0 Å². The van der Waals surface area contributed by atoms with Gasteiger partial charge >= 0.3 is 0 Å². The second kappa shape index (κ2) is 10.3. The largest absolute Gasteiger partial charge is 0.496 e. The zero-order chi connectivity index (χ0) is 21.6. The smallest absolute Gasteiger partial charge is 0.237 e. The molecule has 0 radical (unpaired) electrons. The zero-order valence-electron chi connectivity index (χ0n) is 17.5. The number of aliphatic hydroxyl groups is 1. The lowest BCUT2D eigenvalue weighted by atomic mass is 9.92. The number of rotatable bonds is 9. The average molecular weight is 434 g/mol. The van der Waals surface area contributed by atoms with Crippen LogP contribution >= 0.6 is 0 Å². The summed E-state index contributed by atoms with van der Waals surface area (Å²) in [5, 5.41) is 16.3. The Hall–Kier alpha value is -2.13. The third-order valence-electron chi connectivity index (χ3n) is 5.57. The first-order valence-electron chi connectivity index (χ1n) is 10.2. The quantitative estimate of drug-likeness (QED) is 0.561. The van der Waals surface area contributed by atoms with Crippen molar-refractivity contribution in [3.05, 3.63) is 59.7 Å². The number of methoxy groups -OCH3 is 1. The van der Waals surface area contributed by atoms with Gasteiger partial charge in [-0.05, 0) is 43.1 Å². The number of anilines is 1. The van der Waals surface area contributed by atoms with Gasteiger partial charge in [0.05, 0.1) is 25.2 Å². The molecular formula is C22H31N3O4S. The molecule has 1 saturated heterocycles. The third kappa shape index (κ3) is 5.31. The first kappa shape index (κ1) is 22.6. The Morgan fingerprint density at radius 2 is 2.00 bits per heavy atom. The maximum Gasteiger partial charge on any atom is 0.237 e. The molecule has 1 heterocycles. The van der Waals surface area contributed by atoms with Gasteiger partial charge in [-0.3, -0.25) is 4.31 Å². The molecule has 1 aliphatic heterocycles. The number of nitrogens with zero attached hydrogens (tertiary/aromatic N) is 1. The number of aliphatic hydroxyl groups excluding tert-OH is 1. The van der Waals surface area contributed by atoms with Crippen LogP contribution in [0.5, 0.6) is 5.75 Å². The van der Waals surface area contributed by atoms with Crippen molar-refractivity contribution in [2.24, 2.45) is 0 Å². The maximum absolute atomic E-state index is 12.3. The highest BCUT2D eigenvalue weighted by atomic mass is 32.2. The molecule has 164 valence electrons.